The lowest BCUT2D eigenvalue weighted by Crippen LogP contribution is -2.36. The number of rotatable bonds is 3. The summed E-state index contributed by atoms with van der Waals surface area (Å²) in [6.45, 7) is 0.647. The summed E-state index contributed by atoms with van der Waals surface area (Å²) < 4.78 is 0. The molecule has 3 rings (SSSR count). The SMILES string of the molecule is NC(CCl)=Nc1cccc2c1CN(C1CCCCC1)C2=O. The predicted molar refractivity (Wildman–Crippen MR) is 85.2 cm³/mol. The van der Waals surface area contributed by atoms with Gasteiger partial charge in [-0.3, -0.25) is 4.79 Å². The van der Waals surface area contributed by atoms with Crippen molar-refractivity contribution in [1.82, 2.24) is 4.90 Å². The second kappa shape index (κ2) is 6.06. The molecule has 0 spiro atoms. The first-order chi connectivity index (χ1) is 10.2. The minimum absolute atomic E-state index is 0.137. The van der Waals surface area contributed by atoms with Gasteiger partial charge in [-0.25, -0.2) is 4.99 Å². The van der Waals surface area contributed by atoms with Gasteiger partial charge < -0.3 is 10.6 Å². The summed E-state index contributed by atoms with van der Waals surface area (Å²) >= 11 is 5.70. The molecule has 1 aromatic carbocycles. The fourth-order valence-electron chi connectivity index (χ4n) is 3.32. The van der Waals surface area contributed by atoms with Gasteiger partial charge in [-0.05, 0) is 25.0 Å². The number of aliphatic imine (C=N–C) groups is 1. The van der Waals surface area contributed by atoms with Crippen LogP contribution >= 0.6 is 11.6 Å². The number of amides is 1. The summed E-state index contributed by atoms with van der Waals surface area (Å²) in [7, 11) is 0. The molecule has 4 nitrogen and oxygen atoms in total. The van der Waals surface area contributed by atoms with Crippen LogP contribution in [0.3, 0.4) is 0 Å². The summed E-state index contributed by atoms with van der Waals surface area (Å²) in [5.41, 5.74) is 8.26. The largest absolute Gasteiger partial charge is 0.386 e. The van der Waals surface area contributed by atoms with Crippen LogP contribution < -0.4 is 5.73 Å². The molecule has 0 unspecified atom stereocenters. The van der Waals surface area contributed by atoms with Gasteiger partial charge in [-0.1, -0.05) is 25.3 Å². The third-order valence-electron chi connectivity index (χ3n) is 4.39. The van der Waals surface area contributed by atoms with Crippen molar-refractivity contribution in [2.45, 2.75) is 44.7 Å². The lowest BCUT2D eigenvalue weighted by molar-refractivity contribution is 0.0660. The maximum absolute atomic E-state index is 12.6. The molecule has 2 N–H and O–H groups in total. The molecule has 0 radical (unpaired) electrons. The van der Waals surface area contributed by atoms with Crippen LogP contribution in [0.1, 0.15) is 48.0 Å². The van der Waals surface area contributed by atoms with Gasteiger partial charge in [0.2, 0.25) is 0 Å². The molecule has 0 saturated heterocycles. The van der Waals surface area contributed by atoms with Gasteiger partial charge in [0.25, 0.3) is 5.91 Å². The van der Waals surface area contributed by atoms with E-state index in [0.29, 0.717) is 18.4 Å². The van der Waals surface area contributed by atoms with Crippen molar-refractivity contribution in [3.63, 3.8) is 0 Å². The summed E-state index contributed by atoms with van der Waals surface area (Å²) in [6, 6.07) is 6.02. The van der Waals surface area contributed by atoms with Crippen LogP contribution in [0.25, 0.3) is 0 Å². The van der Waals surface area contributed by atoms with Crippen molar-refractivity contribution in [1.29, 1.82) is 0 Å². The second-order valence-corrected chi connectivity index (χ2v) is 6.03. The lowest BCUT2D eigenvalue weighted by atomic mass is 9.94. The molecule has 1 aliphatic carbocycles. The van der Waals surface area contributed by atoms with E-state index in [0.717, 1.165) is 29.7 Å². The second-order valence-electron chi connectivity index (χ2n) is 5.76. The van der Waals surface area contributed by atoms with Crippen molar-refractivity contribution in [2.75, 3.05) is 5.88 Å². The summed E-state index contributed by atoms with van der Waals surface area (Å²) in [5, 5.41) is 0. The minimum atomic E-state index is 0.137. The molecule has 0 bridgehead atoms. The Morgan fingerprint density at radius 1 is 1.33 bits per heavy atom. The van der Waals surface area contributed by atoms with Crippen LogP contribution in [0, 0.1) is 0 Å². The van der Waals surface area contributed by atoms with E-state index < -0.39 is 0 Å². The average molecular weight is 306 g/mol. The van der Waals surface area contributed by atoms with Gasteiger partial charge in [0.15, 0.2) is 0 Å². The Balaban J connectivity index is 1.90. The van der Waals surface area contributed by atoms with E-state index in [-0.39, 0.29) is 11.8 Å². The number of nitrogens with zero attached hydrogens (tertiary/aromatic N) is 2. The molecular formula is C16H20ClN3O. The highest BCUT2D eigenvalue weighted by Crippen LogP contribution is 2.35. The third kappa shape index (κ3) is 2.77. The standard InChI is InChI=1S/C16H20ClN3O/c17-9-15(18)19-14-8-4-7-12-13(14)10-20(16(12)21)11-5-2-1-3-6-11/h4,7-8,11H,1-3,5-6,9-10H2,(H2,18,19). The smallest absolute Gasteiger partial charge is 0.254 e. The van der Waals surface area contributed by atoms with E-state index in [9.17, 15) is 4.79 Å². The molecule has 1 saturated carbocycles. The zero-order chi connectivity index (χ0) is 14.8. The first-order valence-corrected chi connectivity index (χ1v) is 8.06. The average Bonchev–Trinajstić information content (AvgIpc) is 2.86. The van der Waals surface area contributed by atoms with Gasteiger partial charge in [0.05, 0.1) is 11.6 Å². The molecule has 5 heteroatoms. The van der Waals surface area contributed by atoms with Crippen molar-refractivity contribution in [3.05, 3.63) is 29.3 Å². The number of amidine groups is 1. The minimum Gasteiger partial charge on any atom is -0.386 e. The summed E-state index contributed by atoms with van der Waals surface area (Å²) in [5.74, 6) is 0.719. The highest BCUT2D eigenvalue weighted by Gasteiger charge is 2.34. The first kappa shape index (κ1) is 14.4. The topological polar surface area (TPSA) is 58.7 Å². The maximum atomic E-state index is 12.6. The summed E-state index contributed by atoms with van der Waals surface area (Å²) in [6.07, 6.45) is 5.95. The van der Waals surface area contributed by atoms with Crippen molar-refractivity contribution < 1.29 is 4.79 Å². The maximum Gasteiger partial charge on any atom is 0.254 e. The molecule has 1 aromatic rings. The third-order valence-corrected chi connectivity index (χ3v) is 4.66. The zero-order valence-electron chi connectivity index (χ0n) is 12.0. The predicted octanol–water partition coefficient (Wildman–Crippen LogP) is 3.20. The van der Waals surface area contributed by atoms with E-state index in [1.807, 2.05) is 23.1 Å². The monoisotopic (exact) mass is 305 g/mol. The van der Waals surface area contributed by atoms with Crippen molar-refractivity contribution >= 4 is 29.0 Å². The van der Waals surface area contributed by atoms with Crippen LogP contribution in [0.4, 0.5) is 5.69 Å². The van der Waals surface area contributed by atoms with Crippen LogP contribution in [0.15, 0.2) is 23.2 Å². The van der Waals surface area contributed by atoms with E-state index in [2.05, 4.69) is 4.99 Å². The Hall–Kier alpha value is -1.55. The number of hydrogen-bond acceptors (Lipinski definition) is 2. The molecule has 0 atom stereocenters. The fourth-order valence-corrected chi connectivity index (χ4v) is 3.37. The van der Waals surface area contributed by atoms with Gasteiger partial charge in [-0.2, -0.15) is 0 Å². The number of carbonyl (C=O) groups is 1. The quantitative estimate of drug-likeness (QED) is 0.529. The molecule has 1 fully saturated rings. The molecule has 1 amide bonds. The Bertz CT molecular complexity index is 579. The highest BCUT2D eigenvalue weighted by molar-refractivity contribution is 6.28. The first-order valence-electron chi connectivity index (χ1n) is 7.52. The number of nitrogens with two attached hydrogens (primary N) is 1. The molecule has 21 heavy (non-hydrogen) atoms. The van der Waals surface area contributed by atoms with E-state index in [4.69, 9.17) is 17.3 Å². The van der Waals surface area contributed by atoms with Gasteiger partial charge in [0, 0.05) is 23.7 Å². The van der Waals surface area contributed by atoms with Gasteiger partial charge >= 0.3 is 0 Å². The zero-order valence-corrected chi connectivity index (χ0v) is 12.8. The Labute approximate surface area is 130 Å². The van der Waals surface area contributed by atoms with Gasteiger partial charge in [-0.15, -0.1) is 11.6 Å². The molecule has 2 aliphatic rings. The Morgan fingerprint density at radius 2 is 2.10 bits per heavy atom. The number of fused-ring (bicyclic) bond motifs is 1. The number of hydrogen-bond donors (Lipinski definition) is 1. The molecule has 1 aliphatic heterocycles. The van der Waals surface area contributed by atoms with Crippen molar-refractivity contribution in [3.8, 4) is 0 Å². The molecular weight excluding hydrogens is 286 g/mol. The van der Waals surface area contributed by atoms with Crippen LogP contribution in [-0.2, 0) is 6.54 Å². The number of alkyl halides is 1. The van der Waals surface area contributed by atoms with Crippen LogP contribution in [0.5, 0.6) is 0 Å². The number of halogens is 1. The Morgan fingerprint density at radius 3 is 2.81 bits per heavy atom. The van der Waals surface area contributed by atoms with Gasteiger partial charge in [0.1, 0.15) is 5.84 Å². The van der Waals surface area contributed by atoms with Crippen LogP contribution in [0.2, 0.25) is 0 Å². The molecule has 112 valence electrons. The lowest BCUT2D eigenvalue weighted by Gasteiger charge is -2.30. The van der Waals surface area contributed by atoms with E-state index >= 15 is 0 Å². The van der Waals surface area contributed by atoms with E-state index in [1.165, 1.54) is 19.3 Å². The van der Waals surface area contributed by atoms with Crippen LogP contribution in [-0.4, -0.2) is 28.6 Å². The number of carbonyl (C=O) groups excluding carboxylic acids is 1. The number of benzene rings is 1. The highest BCUT2D eigenvalue weighted by atomic mass is 35.5. The van der Waals surface area contributed by atoms with E-state index in [1.54, 1.807) is 0 Å². The Kier molecular flexibility index (Phi) is 4.15. The fraction of sp³-hybridized carbons (Fsp3) is 0.500. The van der Waals surface area contributed by atoms with Crippen molar-refractivity contribution in [2.24, 2.45) is 10.7 Å². The molecule has 1 heterocycles. The normalized spacial score (nSPS) is 20.0. The summed E-state index contributed by atoms with van der Waals surface area (Å²) in [4.78, 5) is 19.0. The molecule has 0 aromatic heterocycles.